The van der Waals surface area contributed by atoms with Crippen LogP contribution >= 0.6 is 0 Å². The van der Waals surface area contributed by atoms with Gasteiger partial charge in [-0.3, -0.25) is 4.79 Å². The van der Waals surface area contributed by atoms with Crippen molar-refractivity contribution in [1.29, 1.82) is 0 Å². The number of aromatic nitrogens is 2. The molecular weight excluding hydrogens is 236 g/mol. The zero-order chi connectivity index (χ0) is 13.9. The molecule has 1 aromatic rings. The first-order chi connectivity index (χ1) is 8.23. The van der Waals surface area contributed by atoms with Crippen LogP contribution in [0.15, 0.2) is 6.20 Å². The summed E-state index contributed by atoms with van der Waals surface area (Å²) in [5.74, 6) is -0.749. The van der Waals surface area contributed by atoms with Gasteiger partial charge in [0.2, 0.25) is 5.82 Å². The lowest BCUT2D eigenvalue weighted by atomic mass is 10.2. The van der Waals surface area contributed by atoms with E-state index in [1.54, 1.807) is 34.0 Å². The molecule has 0 radical (unpaired) electrons. The van der Waals surface area contributed by atoms with Crippen molar-refractivity contribution < 1.29 is 19.1 Å². The number of rotatable bonds is 3. The van der Waals surface area contributed by atoms with E-state index >= 15 is 0 Å². The Labute approximate surface area is 106 Å². The van der Waals surface area contributed by atoms with E-state index in [0.717, 1.165) is 0 Å². The molecule has 6 heteroatoms. The number of carbonyl (C=O) groups is 2. The molecule has 0 aliphatic carbocycles. The summed E-state index contributed by atoms with van der Waals surface area (Å²) in [6.07, 6.45) is 1.64. The second-order valence-electron chi connectivity index (χ2n) is 4.92. The second-order valence-corrected chi connectivity index (χ2v) is 4.92. The molecule has 0 aliphatic rings. The molecule has 0 unspecified atom stereocenters. The number of ether oxygens (including phenoxy) is 2. The van der Waals surface area contributed by atoms with E-state index < -0.39 is 11.6 Å². The zero-order valence-corrected chi connectivity index (χ0v) is 11.3. The topological polar surface area (TPSA) is 70.4 Å². The number of carbonyl (C=O) groups excluding carboxylic acids is 2. The van der Waals surface area contributed by atoms with Crippen LogP contribution in [0.5, 0.6) is 0 Å². The summed E-state index contributed by atoms with van der Waals surface area (Å²) in [5.41, 5.74) is -0.0519. The van der Waals surface area contributed by atoms with Gasteiger partial charge in [-0.25, -0.2) is 9.78 Å². The maximum atomic E-state index is 11.6. The molecule has 0 saturated carbocycles. The first-order valence-corrected chi connectivity index (χ1v) is 5.55. The van der Waals surface area contributed by atoms with E-state index in [1.807, 2.05) is 0 Å². The van der Waals surface area contributed by atoms with E-state index in [2.05, 4.69) is 9.72 Å². The first-order valence-electron chi connectivity index (χ1n) is 5.55. The van der Waals surface area contributed by atoms with Crippen molar-refractivity contribution in [3.05, 3.63) is 17.7 Å². The van der Waals surface area contributed by atoms with Crippen LogP contribution in [0.25, 0.3) is 0 Å². The molecule has 1 heterocycles. The summed E-state index contributed by atoms with van der Waals surface area (Å²) in [5, 5.41) is 0. The number of nitrogens with zero attached hydrogens (tertiary/aromatic N) is 2. The highest BCUT2D eigenvalue weighted by Crippen LogP contribution is 2.10. The predicted octanol–water partition coefficient (Wildman–Crippen LogP) is 1.09. The van der Waals surface area contributed by atoms with Crippen LogP contribution in [-0.2, 0) is 27.7 Å². The summed E-state index contributed by atoms with van der Waals surface area (Å²) < 4.78 is 11.3. The number of hydrogen-bond donors (Lipinski definition) is 0. The molecule has 0 spiro atoms. The summed E-state index contributed by atoms with van der Waals surface area (Å²) in [6.45, 7) is 5.38. The molecule has 0 atom stereocenters. The van der Waals surface area contributed by atoms with Crippen molar-refractivity contribution in [2.45, 2.75) is 32.8 Å². The number of hydrogen-bond acceptors (Lipinski definition) is 5. The van der Waals surface area contributed by atoms with Gasteiger partial charge in [-0.2, -0.15) is 0 Å². The highest BCUT2D eigenvalue weighted by molar-refractivity contribution is 5.85. The molecule has 0 N–H and O–H groups in total. The summed E-state index contributed by atoms with van der Waals surface area (Å²) in [7, 11) is 2.95. The average Bonchev–Trinajstić information content (AvgIpc) is 2.55. The molecule has 0 aliphatic heterocycles. The third-order valence-corrected chi connectivity index (χ3v) is 2.04. The van der Waals surface area contributed by atoms with Gasteiger partial charge in [0.1, 0.15) is 5.60 Å². The van der Waals surface area contributed by atoms with Crippen LogP contribution in [-0.4, -0.2) is 34.2 Å². The fourth-order valence-corrected chi connectivity index (χ4v) is 1.42. The third kappa shape index (κ3) is 3.87. The van der Waals surface area contributed by atoms with Gasteiger partial charge in [-0.1, -0.05) is 0 Å². The van der Waals surface area contributed by atoms with Gasteiger partial charge in [0, 0.05) is 13.2 Å². The molecule has 0 fully saturated rings. The molecule has 18 heavy (non-hydrogen) atoms. The standard InChI is InChI=1S/C12H18N2O4/c1-12(2,3)18-9(15)6-8-7-14(4)10(13-8)11(16)17-5/h7H,6H2,1-5H3. The smallest absolute Gasteiger partial charge is 0.374 e. The van der Waals surface area contributed by atoms with Crippen molar-refractivity contribution in [1.82, 2.24) is 9.55 Å². The zero-order valence-electron chi connectivity index (χ0n) is 11.3. The fourth-order valence-electron chi connectivity index (χ4n) is 1.42. The molecule has 6 nitrogen and oxygen atoms in total. The number of esters is 2. The Morgan fingerprint density at radius 3 is 2.50 bits per heavy atom. The minimum absolute atomic E-state index is 0.0299. The summed E-state index contributed by atoms with van der Waals surface area (Å²) >= 11 is 0. The van der Waals surface area contributed by atoms with Crippen molar-refractivity contribution in [3.8, 4) is 0 Å². The Balaban J connectivity index is 2.75. The van der Waals surface area contributed by atoms with E-state index in [9.17, 15) is 9.59 Å². The lowest BCUT2D eigenvalue weighted by Crippen LogP contribution is -2.25. The Morgan fingerprint density at radius 1 is 1.39 bits per heavy atom. The van der Waals surface area contributed by atoms with Crippen molar-refractivity contribution in [2.75, 3.05) is 7.11 Å². The average molecular weight is 254 g/mol. The fraction of sp³-hybridized carbons (Fsp3) is 0.583. The molecule has 0 saturated heterocycles. The van der Waals surface area contributed by atoms with Crippen LogP contribution in [0.2, 0.25) is 0 Å². The van der Waals surface area contributed by atoms with Gasteiger partial charge in [0.05, 0.1) is 19.2 Å². The SMILES string of the molecule is COC(=O)c1nc(CC(=O)OC(C)(C)C)cn1C. The summed E-state index contributed by atoms with van der Waals surface area (Å²) in [4.78, 5) is 27.0. The Morgan fingerprint density at radius 2 is 2.00 bits per heavy atom. The largest absolute Gasteiger partial charge is 0.463 e. The lowest BCUT2D eigenvalue weighted by Gasteiger charge is -2.18. The first kappa shape index (κ1) is 14.2. The van der Waals surface area contributed by atoms with Crippen LogP contribution < -0.4 is 0 Å². The molecule has 0 aromatic carbocycles. The highest BCUT2D eigenvalue weighted by Gasteiger charge is 2.19. The minimum atomic E-state index is -0.534. The maximum Gasteiger partial charge on any atom is 0.374 e. The van der Waals surface area contributed by atoms with Crippen molar-refractivity contribution in [2.24, 2.45) is 7.05 Å². The third-order valence-electron chi connectivity index (χ3n) is 2.04. The monoisotopic (exact) mass is 254 g/mol. The maximum absolute atomic E-state index is 11.6. The quantitative estimate of drug-likeness (QED) is 0.755. The number of methoxy groups -OCH3 is 1. The molecule has 1 rings (SSSR count). The van der Waals surface area contributed by atoms with E-state index in [4.69, 9.17) is 4.74 Å². The van der Waals surface area contributed by atoms with Crippen LogP contribution in [0.1, 0.15) is 37.1 Å². The Bertz CT molecular complexity index is 457. The van der Waals surface area contributed by atoms with Gasteiger partial charge in [-0.15, -0.1) is 0 Å². The van der Waals surface area contributed by atoms with Gasteiger partial charge >= 0.3 is 11.9 Å². The van der Waals surface area contributed by atoms with E-state index in [1.165, 1.54) is 11.7 Å². The molecule has 0 amide bonds. The van der Waals surface area contributed by atoms with Crippen LogP contribution in [0.3, 0.4) is 0 Å². The Kier molecular flexibility index (Phi) is 4.11. The molecule has 1 aromatic heterocycles. The van der Waals surface area contributed by atoms with Crippen LogP contribution in [0.4, 0.5) is 0 Å². The minimum Gasteiger partial charge on any atom is -0.463 e. The summed E-state index contributed by atoms with van der Waals surface area (Å²) in [6, 6.07) is 0. The van der Waals surface area contributed by atoms with Gasteiger partial charge < -0.3 is 14.0 Å². The number of aryl methyl sites for hydroxylation is 1. The predicted molar refractivity (Wildman–Crippen MR) is 64.1 cm³/mol. The molecular formula is C12H18N2O4. The molecule has 0 bridgehead atoms. The van der Waals surface area contributed by atoms with Gasteiger partial charge in [0.15, 0.2) is 0 Å². The highest BCUT2D eigenvalue weighted by atomic mass is 16.6. The number of imidazole rings is 1. The normalized spacial score (nSPS) is 11.2. The van der Waals surface area contributed by atoms with Crippen LogP contribution in [0, 0.1) is 0 Å². The van der Waals surface area contributed by atoms with Crippen molar-refractivity contribution in [3.63, 3.8) is 0 Å². The lowest BCUT2D eigenvalue weighted by molar-refractivity contribution is -0.153. The van der Waals surface area contributed by atoms with Crippen molar-refractivity contribution >= 4 is 11.9 Å². The van der Waals surface area contributed by atoms with Gasteiger partial charge in [0.25, 0.3) is 0 Å². The second kappa shape index (κ2) is 5.20. The molecule has 100 valence electrons. The van der Waals surface area contributed by atoms with E-state index in [0.29, 0.717) is 5.69 Å². The Hall–Kier alpha value is -1.85. The van der Waals surface area contributed by atoms with E-state index in [-0.39, 0.29) is 18.2 Å². The van der Waals surface area contributed by atoms with Gasteiger partial charge in [-0.05, 0) is 20.8 Å².